The van der Waals surface area contributed by atoms with Crippen LogP contribution in [0.25, 0.3) is 0 Å². The molecule has 1 aromatic rings. The van der Waals surface area contributed by atoms with Crippen LogP contribution in [0.15, 0.2) is 42.5 Å². The van der Waals surface area contributed by atoms with Gasteiger partial charge in [-0.2, -0.15) is 0 Å². The summed E-state index contributed by atoms with van der Waals surface area (Å²) >= 11 is 0. The number of hydrogen-bond donors (Lipinski definition) is 0. The second-order valence-corrected chi connectivity index (χ2v) is 12.6. The average Bonchev–Trinajstić information content (AvgIpc) is 2.46. The van der Waals surface area contributed by atoms with Crippen LogP contribution in [0.5, 0.6) is 0 Å². The Bertz CT molecular complexity index is 551. The van der Waals surface area contributed by atoms with E-state index in [1.54, 1.807) is 0 Å². The molecule has 0 aromatic heterocycles. The first-order valence-corrected chi connectivity index (χ1v) is 11.6. The minimum Gasteiger partial charge on any atom is -0.411 e. The molecule has 1 atom stereocenters. The summed E-state index contributed by atoms with van der Waals surface area (Å²) in [4.78, 5) is 2.25. The van der Waals surface area contributed by atoms with Crippen LogP contribution < -0.4 is 0 Å². The van der Waals surface area contributed by atoms with Crippen LogP contribution in [0.4, 0.5) is 0 Å². The fourth-order valence-corrected chi connectivity index (χ4v) is 3.60. The molecule has 0 aliphatic heterocycles. The molecule has 0 heterocycles. The third-order valence-electron chi connectivity index (χ3n) is 4.62. The molecule has 0 amide bonds. The van der Waals surface area contributed by atoms with E-state index in [0.717, 1.165) is 13.1 Å². The van der Waals surface area contributed by atoms with Gasteiger partial charge in [0.2, 0.25) is 0 Å². The average molecular weight is 344 g/mol. The zero-order valence-corrected chi connectivity index (χ0v) is 17.2. The lowest BCUT2D eigenvalue weighted by molar-refractivity contribution is 0.242. The molecule has 1 aromatic carbocycles. The van der Waals surface area contributed by atoms with E-state index in [1.807, 2.05) is 6.07 Å². The predicted molar refractivity (Wildman–Crippen MR) is 107 cm³/mol. The molecule has 0 bridgehead atoms. The van der Waals surface area contributed by atoms with Crippen LogP contribution in [-0.4, -0.2) is 32.4 Å². The smallest absolute Gasteiger partial charge is 0.192 e. The zero-order valence-electron chi connectivity index (χ0n) is 16.2. The highest BCUT2D eigenvalue weighted by Crippen LogP contribution is 2.37. The van der Waals surface area contributed by atoms with Gasteiger partial charge in [0, 0.05) is 13.1 Å². The van der Waals surface area contributed by atoms with Crippen molar-refractivity contribution in [3.8, 4) is 12.3 Å². The Morgan fingerprint density at radius 2 is 1.88 bits per heavy atom. The maximum Gasteiger partial charge on any atom is 0.192 e. The number of terminal acetylenes is 1. The molecule has 0 aliphatic carbocycles. The maximum absolute atomic E-state index is 6.36. The lowest BCUT2D eigenvalue weighted by atomic mass is 10.2. The van der Waals surface area contributed by atoms with E-state index >= 15 is 0 Å². The molecule has 24 heavy (non-hydrogen) atoms. The van der Waals surface area contributed by atoms with Gasteiger partial charge in [-0.25, -0.2) is 0 Å². The monoisotopic (exact) mass is 343 g/mol. The molecule has 0 saturated heterocycles. The van der Waals surface area contributed by atoms with Crippen molar-refractivity contribution in [2.75, 3.05) is 13.1 Å². The predicted octanol–water partition coefficient (Wildman–Crippen LogP) is 5.09. The quantitative estimate of drug-likeness (QED) is 0.370. The molecular weight excluding hydrogens is 310 g/mol. The van der Waals surface area contributed by atoms with E-state index in [4.69, 9.17) is 10.8 Å². The van der Waals surface area contributed by atoms with Crippen LogP contribution in [0.3, 0.4) is 0 Å². The van der Waals surface area contributed by atoms with Gasteiger partial charge in [-0.3, -0.25) is 4.90 Å². The summed E-state index contributed by atoms with van der Waals surface area (Å²) in [6.07, 6.45) is 9.99. The first-order valence-electron chi connectivity index (χ1n) is 8.70. The lowest BCUT2D eigenvalue weighted by Gasteiger charge is -2.37. The van der Waals surface area contributed by atoms with Crippen LogP contribution in [0.1, 0.15) is 33.3 Å². The molecule has 0 spiro atoms. The summed E-state index contributed by atoms with van der Waals surface area (Å²) in [6, 6.07) is 10.4. The van der Waals surface area contributed by atoms with Crippen molar-refractivity contribution in [3.63, 3.8) is 0 Å². The third-order valence-corrected chi connectivity index (χ3v) is 9.19. The minimum atomic E-state index is -1.72. The van der Waals surface area contributed by atoms with Gasteiger partial charge in [0.1, 0.15) is 0 Å². The van der Waals surface area contributed by atoms with E-state index < -0.39 is 8.32 Å². The Labute approximate surface area is 150 Å². The number of rotatable bonds is 8. The molecular formula is C21H33NOSi. The van der Waals surface area contributed by atoms with Crippen LogP contribution >= 0.6 is 0 Å². The second-order valence-electron chi connectivity index (χ2n) is 7.87. The molecule has 2 nitrogen and oxygen atoms in total. The zero-order chi connectivity index (χ0) is 18.2. The normalized spacial score (nSPS) is 14.1. The van der Waals surface area contributed by atoms with Gasteiger partial charge in [0.15, 0.2) is 8.32 Å². The van der Waals surface area contributed by atoms with E-state index in [1.165, 1.54) is 5.56 Å². The maximum atomic E-state index is 6.36. The van der Waals surface area contributed by atoms with Gasteiger partial charge in [-0.1, -0.05) is 69.2 Å². The van der Waals surface area contributed by atoms with Gasteiger partial charge >= 0.3 is 0 Å². The fourth-order valence-electron chi connectivity index (χ4n) is 2.24. The molecule has 0 saturated carbocycles. The minimum absolute atomic E-state index is 0.135. The standard InChI is InChI=1S/C21H33NOSi/c1-8-16-22(18-20-14-10-9-11-15-20)17-12-13-19(2)23-24(6,7)21(3,4)5/h1,9-15,19H,16-18H2,2-7H3/b13-12+. The highest BCUT2D eigenvalue weighted by atomic mass is 28.4. The van der Waals surface area contributed by atoms with E-state index in [-0.39, 0.29) is 11.1 Å². The number of nitrogens with zero attached hydrogens (tertiary/aromatic N) is 1. The summed E-state index contributed by atoms with van der Waals surface area (Å²) in [5.41, 5.74) is 1.28. The van der Waals surface area contributed by atoms with Crippen molar-refractivity contribution in [1.29, 1.82) is 0 Å². The van der Waals surface area contributed by atoms with Gasteiger partial charge in [-0.05, 0) is 30.6 Å². The SMILES string of the molecule is C#CCN(C/C=C/C(C)O[Si](C)(C)C(C)(C)C)Cc1ccccc1. The number of hydrogen-bond acceptors (Lipinski definition) is 2. The molecule has 1 unspecified atom stereocenters. The fraction of sp³-hybridized carbons (Fsp3) is 0.524. The molecule has 0 radical (unpaired) electrons. The first kappa shape index (κ1) is 20.7. The van der Waals surface area contributed by atoms with Crippen molar-refractivity contribution in [2.45, 2.75) is 58.5 Å². The summed E-state index contributed by atoms with van der Waals surface area (Å²) in [5.74, 6) is 2.75. The molecule has 0 aliphatic rings. The van der Waals surface area contributed by atoms with E-state index in [0.29, 0.717) is 6.54 Å². The molecule has 1 rings (SSSR count). The van der Waals surface area contributed by atoms with Crippen molar-refractivity contribution < 1.29 is 4.43 Å². The van der Waals surface area contributed by atoms with Crippen molar-refractivity contribution >= 4 is 8.32 Å². The first-order chi connectivity index (χ1) is 11.2. The Morgan fingerprint density at radius 3 is 2.42 bits per heavy atom. The summed E-state index contributed by atoms with van der Waals surface area (Å²) in [5, 5.41) is 0.234. The summed E-state index contributed by atoms with van der Waals surface area (Å²) < 4.78 is 6.36. The highest BCUT2D eigenvalue weighted by Gasteiger charge is 2.37. The van der Waals surface area contributed by atoms with E-state index in [2.05, 4.69) is 88.0 Å². The van der Waals surface area contributed by atoms with Gasteiger partial charge < -0.3 is 4.43 Å². The largest absolute Gasteiger partial charge is 0.411 e. The van der Waals surface area contributed by atoms with Gasteiger partial charge in [-0.15, -0.1) is 6.42 Å². The van der Waals surface area contributed by atoms with Crippen LogP contribution in [0, 0.1) is 12.3 Å². The molecule has 0 N–H and O–H groups in total. The number of benzene rings is 1. The molecule has 3 heteroatoms. The van der Waals surface area contributed by atoms with E-state index in [9.17, 15) is 0 Å². The summed E-state index contributed by atoms with van der Waals surface area (Å²) in [7, 11) is -1.72. The molecule has 0 fully saturated rings. The Balaban J connectivity index is 2.57. The third kappa shape index (κ3) is 7.05. The van der Waals surface area contributed by atoms with Crippen molar-refractivity contribution in [1.82, 2.24) is 4.90 Å². The lowest BCUT2D eigenvalue weighted by Crippen LogP contribution is -2.42. The van der Waals surface area contributed by atoms with Crippen LogP contribution in [0.2, 0.25) is 18.1 Å². The van der Waals surface area contributed by atoms with Gasteiger partial charge in [0.25, 0.3) is 0 Å². The Morgan fingerprint density at radius 1 is 1.25 bits per heavy atom. The molecule has 132 valence electrons. The van der Waals surface area contributed by atoms with Crippen molar-refractivity contribution in [2.24, 2.45) is 0 Å². The topological polar surface area (TPSA) is 12.5 Å². The van der Waals surface area contributed by atoms with Gasteiger partial charge in [0.05, 0.1) is 12.6 Å². The Kier molecular flexibility index (Phi) is 7.95. The highest BCUT2D eigenvalue weighted by molar-refractivity contribution is 6.74. The van der Waals surface area contributed by atoms with Crippen molar-refractivity contribution in [3.05, 3.63) is 48.0 Å². The van der Waals surface area contributed by atoms with Crippen LogP contribution in [-0.2, 0) is 11.0 Å². The Hall–Kier alpha value is -1.34. The second kappa shape index (κ2) is 9.22. The summed E-state index contributed by atoms with van der Waals surface area (Å²) in [6.45, 7) is 15.9.